The molecular weight excluding hydrogens is 436 g/mol. The Morgan fingerprint density at radius 1 is 1.03 bits per heavy atom. The lowest BCUT2D eigenvalue weighted by Gasteiger charge is -2.36. The Morgan fingerprint density at radius 2 is 1.82 bits per heavy atom. The van der Waals surface area contributed by atoms with Crippen LogP contribution in [-0.4, -0.2) is 63.5 Å². The van der Waals surface area contributed by atoms with Gasteiger partial charge in [-0.3, -0.25) is 9.59 Å². The lowest BCUT2D eigenvalue weighted by molar-refractivity contribution is -0.133. The number of rotatable bonds is 5. The van der Waals surface area contributed by atoms with E-state index in [2.05, 4.69) is 20.2 Å². The summed E-state index contributed by atoms with van der Waals surface area (Å²) >= 11 is 1.52. The van der Waals surface area contributed by atoms with Crippen molar-refractivity contribution in [2.24, 2.45) is 0 Å². The van der Waals surface area contributed by atoms with E-state index in [0.29, 0.717) is 18.7 Å². The van der Waals surface area contributed by atoms with Gasteiger partial charge in [-0.15, -0.1) is 0 Å². The van der Waals surface area contributed by atoms with Crippen LogP contribution in [0.4, 0.5) is 5.82 Å². The van der Waals surface area contributed by atoms with Gasteiger partial charge in [0.25, 0.3) is 5.91 Å². The Balaban J connectivity index is 1.20. The van der Waals surface area contributed by atoms with Crippen molar-refractivity contribution in [3.05, 3.63) is 72.7 Å². The van der Waals surface area contributed by atoms with E-state index in [1.807, 2.05) is 59.4 Å². The first-order chi connectivity index (χ1) is 16.1. The molecule has 1 aliphatic heterocycles. The first-order valence-corrected chi connectivity index (χ1v) is 11.7. The summed E-state index contributed by atoms with van der Waals surface area (Å²) in [5, 5.41) is 3.71. The smallest absolute Gasteiger partial charge is 0.251 e. The molecule has 0 bridgehead atoms. The maximum absolute atomic E-state index is 12.9. The van der Waals surface area contributed by atoms with E-state index in [-0.39, 0.29) is 11.8 Å². The van der Waals surface area contributed by atoms with E-state index in [1.54, 1.807) is 24.1 Å². The topological polar surface area (TPSA) is 83.4 Å². The highest BCUT2D eigenvalue weighted by Gasteiger charge is 2.26. The first-order valence-electron chi connectivity index (χ1n) is 10.9. The molecule has 168 valence electrons. The van der Waals surface area contributed by atoms with Crippen molar-refractivity contribution in [2.75, 3.05) is 31.1 Å². The molecule has 2 amide bonds. The lowest BCUT2D eigenvalue weighted by atomic mass is 10.1. The van der Waals surface area contributed by atoms with Crippen molar-refractivity contribution in [3.8, 4) is 5.13 Å². The number of benzene rings is 1. The molecule has 4 aromatic rings. The van der Waals surface area contributed by atoms with Crippen LogP contribution in [0.15, 0.2) is 67.1 Å². The number of fused-ring (bicyclic) bond motifs is 1. The highest BCUT2D eigenvalue weighted by atomic mass is 32.1. The van der Waals surface area contributed by atoms with Gasteiger partial charge in [0.2, 0.25) is 5.91 Å². The van der Waals surface area contributed by atoms with Gasteiger partial charge < -0.3 is 19.7 Å². The summed E-state index contributed by atoms with van der Waals surface area (Å²) in [6.07, 6.45) is 5.65. The molecule has 0 saturated carbocycles. The number of nitrogens with zero attached hydrogens (tertiary/aromatic N) is 5. The summed E-state index contributed by atoms with van der Waals surface area (Å²) in [6, 6.07) is 14.5. The van der Waals surface area contributed by atoms with Crippen molar-refractivity contribution < 1.29 is 9.59 Å². The van der Waals surface area contributed by atoms with Crippen LogP contribution in [0.2, 0.25) is 0 Å². The Labute approximate surface area is 195 Å². The molecule has 0 unspecified atom stereocenters. The fourth-order valence-electron chi connectivity index (χ4n) is 3.94. The lowest BCUT2D eigenvalue weighted by Crippen LogP contribution is -2.54. The number of pyridine rings is 1. The van der Waals surface area contributed by atoms with E-state index >= 15 is 0 Å². The number of hydrogen-bond donors (Lipinski definition) is 1. The molecule has 8 nitrogen and oxygen atoms in total. The fourth-order valence-corrected chi connectivity index (χ4v) is 4.91. The number of thiazole rings is 1. The van der Waals surface area contributed by atoms with Crippen LogP contribution in [0.5, 0.6) is 0 Å². The molecule has 1 saturated heterocycles. The minimum atomic E-state index is -0.605. The van der Waals surface area contributed by atoms with Crippen LogP contribution in [-0.2, 0) is 4.79 Å². The molecular formula is C24H24N6O2S. The normalized spacial score (nSPS) is 14.9. The maximum Gasteiger partial charge on any atom is 0.251 e. The predicted octanol–water partition coefficient (Wildman–Crippen LogP) is 2.95. The molecule has 3 aromatic heterocycles. The molecule has 0 spiro atoms. The molecule has 1 fully saturated rings. The third kappa shape index (κ3) is 4.45. The van der Waals surface area contributed by atoms with Crippen molar-refractivity contribution >= 4 is 39.2 Å². The zero-order valence-corrected chi connectivity index (χ0v) is 19.0. The number of piperazine rings is 1. The Morgan fingerprint density at radius 3 is 2.55 bits per heavy atom. The van der Waals surface area contributed by atoms with Crippen molar-refractivity contribution in [3.63, 3.8) is 0 Å². The van der Waals surface area contributed by atoms with Crippen LogP contribution in [0.3, 0.4) is 0 Å². The number of anilines is 1. The summed E-state index contributed by atoms with van der Waals surface area (Å²) < 4.78 is 2.87. The van der Waals surface area contributed by atoms with Gasteiger partial charge in [-0.2, -0.15) is 0 Å². The van der Waals surface area contributed by atoms with Gasteiger partial charge in [0.15, 0.2) is 5.13 Å². The molecule has 1 atom stereocenters. The summed E-state index contributed by atoms with van der Waals surface area (Å²) in [5.74, 6) is 0.586. The zero-order valence-electron chi connectivity index (χ0n) is 18.2. The van der Waals surface area contributed by atoms with Gasteiger partial charge in [-0.25, -0.2) is 9.97 Å². The summed E-state index contributed by atoms with van der Waals surface area (Å²) in [5.41, 5.74) is 1.36. The van der Waals surface area contributed by atoms with Crippen molar-refractivity contribution in [1.82, 2.24) is 24.8 Å². The molecule has 4 heterocycles. The Hall–Kier alpha value is -3.72. The SMILES string of the molecule is C[C@H](NC(=O)c1ccc2nc(-n3cccc3)sc2c1)C(=O)N1CCN(c2ccccn2)CC1. The van der Waals surface area contributed by atoms with Crippen LogP contribution in [0, 0.1) is 0 Å². The molecule has 5 rings (SSSR count). The number of nitrogens with one attached hydrogen (secondary N) is 1. The first kappa shape index (κ1) is 21.1. The largest absolute Gasteiger partial charge is 0.353 e. The average Bonchev–Trinajstić information content (AvgIpc) is 3.53. The van der Waals surface area contributed by atoms with Gasteiger partial charge in [0.1, 0.15) is 11.9 Å². The quantitative estimate of drug-likeness (QED) is 0.495. The van der Waals surface area contributed by atoms with Gasteiger partial charge in [0.05, 0.1) is 10.2 Å². The minimum absolute atomic E-state index is 0.0715. The van der Waals surface area contributed by atoms with Crippen molar-refractivity contribution in [2.45, 2.75) is 13.0 Å². The molecule has 1 aliphatic rings. The van der Waals surface area contributed by atoms with Crippen LogP contribution < -0.4 is 10.2 Å². The summed E-state index contributed by atoms with van der Waals surface area (Å²) in [4.78, 5) is 38.7. The monoisotopic (exact) mass is 460 g/mol. The molecule has 1 aromatic carbocycles. The number of amides is 2. The Kier molecular flexibility index (Phi) is 5.78. The van der Waals surface area contributed by atoms with Gasteiger partial charge in [-0.05, 0) is 49.4 Å². The van der Waals surface area contributed by atoms with Crippen LogP contribution in [0.1, 0.15) is 17.3 Å². The van der Waals surface area contributed by atoms with Crippen LogP contribution >= 0.6 is 11.3 Å². The van der Waals surface area contributed by atoms with E-state index in [0.717, 1.165) is 34.3 Å². The highest BCUT2D eigenvalue weighted by molar-refractivity contribution is 7.20. The van der Waals surface area contributed by atoms with E-state index in [4.69, 9.17) is 0 Å². The van der Waals surface area contributed by atoms with E-state index in [9.17, 15) is 9.59 Å². The highest BCUT2D eigenvalue weighted by Crippen LogP contribution is 2.26. The maximum atomic E-state index is 12.9. The predicted molar refractivity (Wildman–Crippen MR) is 129 cm³/mol. The third-order valence-electron chi connectivity index (χ3n) is 5.75. The molecule has 33 heavy (non-hydrogen) atoms. The Bertz CT molecular complexity index is 1260. The summed E-state index contributed by atoms with van der Waals surface area (Å²) in [6.45, 7) is 4.38. The number of carbonyl (C=O) groups is 2. The van der Waals surface area contributed by atoms with Crippen LogP contribution in [0.25, 0.3) is 15.3 Å². The number of aromatic nitrogens is 3. The van der Waals surface area contributed by atoms with Gasteiger partial charge in [0, 0.05) is 50.3 Å². The number of hydrogen-bond acceptors (Lipinski definition) is 6. The minimum Gasteiger partial charge on any atom is -0.353 e. The molecule has 0 radical (unpaired) electrons. The average molecular weight is 461 g/mol. The standard InChI is InChI=1S/C24H24N6O2S/c1-17(23(32)29-14-12-28(13-15-29)21-6-2-3-9-25-21)26-22(31)18-7-8-19-20(16-18)33-24(27-19)30-10-4-5-11-30/h2-11,16-17H,12-15H2,1H3,(H,26,31)/t17-/m0/s1. The van der Waals surface area contributed by atoms with Gasteiger partial charge >= 0.3 is 0 Å². The molecule has 0 aliphatic carbocycles. The molecule has 9 heteroatoms. The zero-order chi connectivity index (χ0) is 22.8. The van der Waals surface area contributed by atoms with Crippen molar-refractivity contribution in [1.29, 1.82) is 0 Å². The van der Waals surface area contributed by atoms with E-state index < -0.39 is 6.04 Å². The third-order valence-corrected chi connectivity index (χ3v) is 6.78. The van der Waals surface area contributed by atoms with Gasteiger partial charge in [-0.1, -0.05) is 17.4 Å². The second kappa shape index (κ2) is 9.03. The number of carbonyl (C=O) groups excluding carboxylic acids is 2. The second-order valence-corrected chi connectivity index (χ2v) is 8.97. The van der Waals surface area contributed by atoms with E-state index in [1.165, 1.54) is 11.3 Å². The summed E-state index contributed by atoms with van der Waals surface area (Å²) in [7, 11) is 0. The second-order valence-electron chi connectivity index (χ2n) is 7.96. The fraction of sp³-hybridized carbons (Fsp3) is 0.250. The molecule has 1 N–H and O–H groups in total.